The van der Waals surface area contributed by atoms with Gasteiger partial charge in [-0.05, 0) is 51.2 Å². The van der Waals surface area contributed by atoms with Gasteiger partial charge in [0.05, 0.1) is 11.6 Å². The molecule has 2 fully saturated rings. The van der Waals surface area contributed by atoms with Gasteiger partial charge in [0.15, 0.2) is 0 Å². The molecule has 124 valence electrons. The number of carbonyl (C=O) groups is 2. The highest BCUT2D eigenvalue weighted by Crippen LogP contribution is 2.39. The summed E-state index contributed by atoms with van der Waals surface area (Å²) in [5.41, 5.74) is 1.15. The van der Waals surface area contributed by atoms with E-state index in [2.05, 4.69) is 11.9 Å². The summed E-state index contributed by atoms with van der Waals surface area (Å²) in [6.07, 6.45) is 5.46. The summed E-state index contributed by atoms with van der Waals surface area (Å²) in [4.78, 5) is 33.4. The summed E-state index contributed by atoms with van der Waals surface area (Å²) in [6, 6.07) is 3.90. The monoisotopic (exact) mass is 315 g/mol. The van der Waals surface area contributed by atoms with E-state index in [1.54, 1.807) is 13.1 Å². The lowest BCUT2D eigenvalue weighted by molar-refractivity contribution is -0.140. The molecule has 3 heterocycles. The van der Waals surface area contributed by atoms with Crippen LogP contribution in [-0.4, -0.2) is 51.3 Å². The third kappa shape index (κ3) is 2.62. The molecule has 0 N–H and O–H groups in total. The molecule has 1 aromatic rings. The van der Waals surface area contributed by atoms with Gasteiger partial charge < -0.3 is 9.80 Å². The number of piperidine rings is 2. The van der Waals surface area contributed by atoms with Gasteiger partial charge in [-0.1, -0.05) is 6.07 Å². The Labute approximate surface area is 137 Å². The number of hydrogen-bond acceptors (Lipinski definition) is 3. The second kappa shape index (κ2) is 5.95. The molecule has 3 rings (SSSR count). The number of fused-ring (bicyclic) bond motifs is 1. The quantitative estimate of drug-likeness (QED) is 0.799. The largest absolute Gasteiger partial charge is 0.338 e. The van der Waals surface area contributed by atoms with Crippen LogP contribution in [-0.2, 0) is 4.79 Å². The fourth-order valence-corrected chi connectivity index (χ4v) is 4.29. The van der Waals surface area contributed by atoms with E-state index in [1.165, 1.54) is 0 Å². The van der Waals surface area contributed by atoms with Crippen molar-refractivity contribution in [3.05, 3.63) is 29.6 Å². The first-order valence-electron chi connectivity index (χ1n) is 8.46. The number of nitrogens with zero attached hydrogens (tertiary/aromatic N) is 3. The Morgan fingerprint density at radius 3 is 2.78 bits per heavy atom. The van der Waals surface area contributed by atoms with Crippen LogP contribution in [0.25, 0.3) is 0 Å². The first-order valence-corrected chi connectivity index (χ1v) is 8.46. The molecule has 1 aromatic heterocycles. The summed E-state index contributed by atoms with van der Waals surface area (Å²) in [6.45, 7) is 7.25. The van der Waals surface area contributed by atoms with E-state index < -0.39 is 0 Å². The molecule has 0 spiro atoms. The van der Waals surface area contributed by atoms with E-state index in [1.807, 2.05) is 28.9 Å². The molecular formula is C18H25N3O2. The second-order valence-corrected chi connectivity index (χ2v) is 6.96. The summed E-state index contributed by atoms with van der Waals surface area (Å²) in [5.74, 6) is 0.116. The van der Waals surface area contributed by atoms with Crippen LogP contribution in [0.3, 0.4) is 0 Å². The van der Waals surface area contributed by atoms with Crippen molar-refractivity contribution in [2.24, 2.45) is 0 Å². The average molecular weight is 315 g/mol. The Morgan fingerprint density at radius 2 is 2.09 bits per heavy atom. The molecular weight excluding hydrogens is 290 g/mol. The fourth-order valence-electron chi connectivity index (χ4n) is 4.29. The molecule has 2 saturated heterocycles. The molecule has 5 heteroatoms. The molecule has 0 aliphatic carbocycles. The summed E-state index contributed by atoms with van der Waals surface area (Å²) in [7, 11) is 0. The third-order valence-electron chi connectivity index (χ3n) is 5.51. The van der Waals surface area contributed by atoms with Crippen LogP contribution in [0.5, 0.6) is 0 Å². The van der Waals surface area contributed by atoms with Crippen LogP contribution in [0.2, 0.25) is 0 Å². The van der Waals surface area contributed by atoms with Gasteiger partial charge in [0.2, 0.25) is 5.91 Å². The van der Waals surface area contributed by atoms with Crippen molar-refractivity contribution in [1.29, 1.82) is 0 Å². The zero-order valence-corrected chi connectivity index (χ0v) is 14.2. The molecule has 2 aliphatic heterocycles. The number of pyridine rings is 1. The van der Waals surface area contributed by atoms with Gasteiger partial charge in [-0.2, -0.15) is 0 Å². The summed E-state index contributed by atoms with van der Waals surface area (Å²) < 4.78 is 0. The minimum absolute atomic E-state index is 0.000650. The molecule has 0 saturated carbocycles. The molecule has 5 nitrogen and oxygen atoms in total. The van der Waals surface area contributed by atoms with Gasteiger partial charge in [-0.15, -0.1) is 0 Å². The van der Waals surface area contributed by atoms with Crippen molar-refractivity contribution < 1.29 is 9.59 Å². The van der Waals surface area contributed by atoms with E-state index in [0.717, 1.165) is 44.3 Å². The molecule has 2 aliphatic rings. The van der Waals surface area contributed by atoms with E-state index in [-0.39, 0.29) is 23.4 Å². The molecule has 0 bridgehead atoms. The molecule has 0 radical (unpaired) electrons. The van der Waals surface area contributed by atoms with Gasteiger partial charge >= 0.3 is 0 Å². The number of aromatic nitrogens is 1. The topological polar surface area (TPSA) is 53.5 Å². The van der Waals surface area contributed by atoms with Crippen LogP contribution < -0.4 is 0 Å². The maximum absolute atomic E-state index is 13.1. The number of carbonyl (C=O) groups excluding carboxylic acids is 2. The normalized spacial score (nSPS) is 27.5. The Hall–Kier alpha value is -1.91. The van der Waals surface area contributed by atoms with Crippen LogP contribution in [0.4, 0.5) is 0 Å². The van der Waals surface area contributed by atoms with Gasteiger partial charge in [-0.25, -0.2) is 0 Å². The maximum Gasteiger partial charge on any atom is 0.273 e. The SMILES string of the molecule is CC(=O)N1CCC[C@@]2(C)[C@@H]1CCCN2C(=O)c1ncccc1C. The van der Waals surface area contributed by atoms with Gasteiger partial charge in [0.1, 0.15) is 5.69 Å². The van der Waals surface area contributed by atoms with Gasteiger partial charge in [0.25, 0.3) is 5.91 Å². The van der Waals surface area contributed by atoms with Crippen LogP contribution in [0.15, 0.2) is 18.3 Å². The lowest BCUT2D eigenvalue weighted by atomic mass is 9.75. The highest BCUT2D eigenvalue weighted by molar-refractivity contribution is 5.94. The third-order valence-corrected chi connectivity index (χ3v) is 5.51. The van der Waals surface area contributed by atoms with E-state index >= 15 is 0 Å². The van der Waals surface area contributed by atoms with Crippen molar-refractivity contribution in [3.63, 3.8) is 0 Å². The molecule has 0 unspecified atom stereocenters. The van der Waals surface area contributed by atoms with Gasteiger partial charge in [-0.3, -0.25) is 14.6 Å². The zero-order valence-electron chi connectivity index (χ0n) is 14.2. The van der Waals surface area contributed by atoms with Crippen LogP contribution in [0, 0.1) is 6.92 Å². The smallest absolute Gasteiger partial charge is 0.273 e. The summed E-state index contributed by atoms with van der Waals surface area (Å²) in [5, 5.41) is 0. The molecule has 23 heavy (non-hydrogen) atoms. The predicted molar refractivity (Wildman–Crippen MR) is 88.1 cm³/mol. The van der Waals surface area contributed by atoms with Crippen molar-refractivity contribution in [2.75, 3.05) is 13.1 Å². The Bertz CT molecular complexity index is 630. The summed E-state index contributed by atoms with van der Waals surface area (Å²) >= 11 is 0. The molecule has 0 aromatic carbocycles. The highest BCUT2D eigenvalue weighted by atomic mass is 16.2. The van der Waals surface area contributed by atoms with Crippen molar-refractivity contribution >= 4 is 11.8 Å². The lowest BCUT2D eigenvalue weighted by Crippen LogP contribution is -2.68. The highest BCUT2D eigenvalue weighted by Gasteiger charge is 2.50. The fraction of sp³-hybridized carbons (Fsp3) is 0.611. The second-order valence-electron chi connectivity index (χ2n) is 6.96. The zero-order chi connectivity index (χ0) is 16.6. The first-order chi connectivity index (χ1) is 10.9. The van der Waals surface area contributed by atoms with Crippen molar-refractivity contribution in [3.8, 4) is 0 Å². The van der Waals surface area contributed by atoms with Crippen LogP contribution >= 0.6 is 0 Å². The maximum atomic E-state index is 13.1. The lowest BCUT2D eigenvalue weighted by Gasteiger charge is -2.56. The van der Waals surface area contributed by atoms with E-state index in [4.69, 9.17) is 0 Å². The average Bonchev–Trinajstić information content (AvgIpc) is 2.52. The minimum atomic E-state index is -0.288. The Kier molecular flexibility index (Phi) is 4.13. The molecule has 2 atom stereocenters. The van der Waals surface area contributed by atoms with E-state index in [9.17, 15) is 9.59 Å². The van der Waals surface area contributed by atoms with Crippen molar-refractivity contribution in [1.82, 2.24) is 14.8 Å². The first kappa shape index (κ1) is 16.0. The van der Waals surface area contributed by atoms with Crippen molar-refractivity contribution in [2.45, 2.75) is 58.0 Å². The standard InChI is InChI=1S/C18H25N3O2/c1-13-7-4-10-19-16(13)17(23)21-12-5-8-15-18(21,3)9-6-11-20(15)14(2)22/h4,7,10,15H,5-6,8-9,11-12H2,1-3H3/t15-,18-/m0/s1. The number of amides is 2. The number of aryl methyl sites for hydroxylation is 1. The number of hydrogen-bond donors (Lipinski definition) is 0. The number of likely N-dealkylation sites (tertiary alicyclic amines) is 2. The minimum Gasteiger partial charge on any atom is -0.338 e. The Morgan fingerprint density at radius 1 is 1.30 bits per heavy atom. The Balaban J connectivity index is 1.95. The van der Waals surface area contributed by atoms with Gasteiger partial charge in [0, 0.05) is 26.2 Å². The van der Waals surface area contributed by atoms with Crippen LogP contribution in [0.1, 0.15) is 55.6 Å². The van der Waals surface area contributed by atoms with E-state index in [0.29, 0.717) is 5.69 Å². The number of rotatable bonds is 1. The molecule has 2 amide bonds. The predicted octanol–water partition coefficient (Wildman–Crippen LogP) is 2.40.